The molecule has 138 valence electrons. The maximum absolute atomic E-state index is 12.7. The molecule has 0 N–H and O–H groups in total. The summed E-state index contributed by atoms with van der Waals surface area (Å²) in [7, 11) is 1.54. The molecule has 0 aromatic heterocycles. The van der Waals surface area contributed by atoms with Crippen LogP contribution in [0.4, 0.5) is 0 Å². The van der Waals surface area contributed by atoms with Crippen LogP contribution in [0.5, 0.6) is 5.75 Å². The summed E-state index contributed by atoms with van der Waals surface area (Å²) in [5.41, 5.74) is 0.557. The van der Waals surface area contributed by atoms with Gasteiger partial charge in [-0.3, -0.25) is 4.79 Å². The standard InChI is InChI=1S/C19H27ClN2O2S/c1-6-7-10-22-12-16(19(2,3)4)25-18(22)21-17(23)14-11-13(20)8-9-15(14)24-5/h8-9,11,16H,6-7,10,12H2,1-5H3/b21-18-. The van der Waals surface area contributed by atoms with Crippen molar-refractivity contribution < 1.29 is 9.53 Å². The summed E-state index contributed by atoms with van der Waals surface area (Å²) in [5, 5.41) is 1.72. The van der Waals surface area contributed by atoms with Gasteiger partial charge in [-0.25, -0.2) is 0 Å². The van der Waals surface area contributed by atoms with E-state index in [4.69, 9.17) is 16.3 Å². The van der Waals surface area contributed by atoms with E-state index in [2.05, 4.69) is 37.6 Å². The highest BCUT2D eigenvalue weighted by molar-refractivity contribution is 8.14. The maximum Gasteiger partial charge on any atom is 0.283 e. The highest BCUT2D eigenvalue weighted by atomic mass is 35.5. The molecule has 1 atom stereocenters. The lowest BCUT2D eigenvalue weighted by Crippen LogP contribution is -2.31. The molecule has 1 unspecified atom stereocenters. The number of methoxy groups -OCH3 is 1. The molecule has 6 heteroatoms. The molecule has 0 saturated carbocycles. The van der Waals surface area contributed by atoms with Crippen LogP contribution >= 0.6 is 23.4 Å². The Morgan fingerprint density at radius 1 is 1.44 bits per heavy atom. The van der Waals surface area contributed by atoms with Crippen LogP contribution in [0.1, 0.15) is 50.9 Å². The Kier molecular flexibility index (Phi) is 6.80. The van der Waals surface area contributed by atoms with Crippen LogP contribution in [0, 0.1) is 5.41 Å². The van der Waals surface area contributed by atoms with Gasteiger partial charge in [-0.05, 0) is 30.0 Å². The molecule has 0 spiro atoms. The van der Waals surface area contributed by atoms with Crippen molar-refractivity contribution >= 4 is 34.4 Å². The molecule has 1 heterocycles. The van der Waals surface area contributed by atoms with Crippen LogP contribution in [-0.4, -0.2) is 41.4 Å². The van der Waals surface area contributed by atoms with Crippen molar-refractivity contribution in [3.63, 3.8) is 0 Å². The number of hydrogen-bond acceptors (Lipinski definition) is 3. The Balaban J connectivity index is 2.29. The summed E-state index contributed by atoms with van der Waals surface area (Å²) in [5.74, 6) is 0.187. The van der Waals surface area contributed by atoms with E-state index < -0.39 is 0 Å². The third-order valence-corrected chi connectivity index (χ3v) is 6.18. The quantitative estimate of drug-likeness (QED) is 0.709. The summed E-state index contributed by atoms with van der Waals surface area (Å²) in [4.78, 5) is 19.4. The van der Waals surface area contributed by atoms with Crippen molar-refractivity contribution in [2.24, 2.45) is 10.4 Å². The number of carbonyl (C=O) groups is 1. The number of halogens is 1. The van der Waals surface area contributed by atoms with Gasteiger partial charge in [-0.1, -0.05) is 57.5 Å². The van der Waals surface area contributed by atoms with Gasteiger partial charge in [0, 0.05) is 23.4 Å². The van der Waals surface area contributed by atoms with E-state index >= 15 is 0 Å². The number of ether oxygens (including phenoxy) is 1. The average molecular weight is 383 g/mol. The number of thioether (sulfide) groups is 1. The number of benzene rings is 1. The van der Waals surface area contributed by atoms with Crippen LogP contribution in [0.3, 0.4) is 0 Å². The fourth-order valence-corrected chi connectivity index (χ4v) is 4.08. The molecule has 1 aliphatic rings. The molecule has 0 radical (unpaired) electrons. The lowest BCUT2D eigenvalue weighted by atomic mass is 9.91. The smallest absolute Gasteiger partial charge is 0.283 e. The third-order valence-electron chi connectivity index (χ3n) is 4.24. The Morgan fingerprint density at radius 2 is 2.16 bits per heavy atom. The zero-order valence-corrected chi connectivity index (χ0v) is 17.2. The Morgan fingerprint density at radius 3 is 2.76 bits per heavy atom. The van der Waals surface area contributed by atoms with E-state index in [0.717, 1.165) is 31.1 Å². The highest BCUT2D eigenvalue weighted by Gasteiger charge is 2.36. The van der Waals surface area contributed by atoms with Crippen LogP contribution in [0.15, 0.2) is 23.2 Å². The number of amidine groups is 1. The van der Waals surface area contributed by atoms with E-state index in [1.165, 1.54) is 0 Å². The summed E-state index contributed by atoms with van der Waals surface area (Å²) in [6.07, 6.45) is 2.20. The van der Waals surface area contributed by atoms with Gasteiger partial charge < -0.3 is 9.64 Å². The van der Waals surface area contributed by atoms with E-state index in [-0.39, 0.29) is 11.3 Å². The van der Waals surface area contributed by atoms with Gasteiger partial charge in [0.15, 0.2) is 5.17 Å². The Bertz CT molecular complexity index is 655. The minimum absolute atomic E-state index is 0.156. The summed E-state index contributed by atoms with van der Waals surface area (Å²) < 4.78 is 5.28. The number of aliphatic imine (C=N–C) groups is 1. The van der Waals surface area contributed by atoms with Gasteiger partial charge >= 0.3 is 0 Å². The van der Waals surface area contributed by atoms with Gasteiger partial charge in [-0.2, -0.15) is 4.99 Å². The highest BCUT2D eigenvalue weighted by Crippen LogP contribution is 2.38. The van der Waals surface area contributed by atoms with Gasteiger partial charge in [0.25, 0.3) is 5.91 Å². The third kappa shape index (κ3) is 5.14. The normalized spacial score (nSPS) is 19.5. The molecular formula is C19H27ClN2O2S. The summed E-state index contributed by atoms with van der Waals surface area (Å²) >= 11 is 7.74. The van der Waals surface area contributed by atoms with Crippen molar-refractivity contribution in [3.05, 3.63) is 28.8 Å². The van der Waals surface area contributed by atoms with Crippen molar-refractivity contribution in [3.8, 4) is 5.75 Å². The van der Waals surface area contributed by atoms with E-state index in [1.807, 2.05) is 0 Å². The summed E-state index contributed by atoms with van der Waals surface area (Å²) in [6.45, 7) is 10.7. The molecule has 0 bridgehead atoms. The first-order valence-corrected chi connectivity index (χ1v) is 9.90. The predicted octanol–water partition coefficient (Wildman–Crippen LogP) is 5.11. The fraction of sp³-hybridized carbons (Fsp3) is 0.579. The number of amides is 1. The van der Waals surface area contributed by atoms with Crippen LogP contribution in [0.2, 0.25) is 5.02 Å². The Labute approximate surface area is 160 Å². The van der Waals surface area contributed by atoms with Gasteiger partial charge in [0.05, 0.1) is 12.7 Å². The monoisotopic (exact) mass is 382 g/mol. The number of hydrogen-bond donors (Lipinski definition) is 0. The first kappa shape index (κ1) is 20.1. The lowest BCUT2D eigenvalue weighted by molar-refractivity contribution is 0.0999. The summed E-state index contributed by atoms with van der Waals surface area (Å²) in [6, 6.07) is 5.02. The maximum atomic E-state index is 12.7. The number of nitrogens with zero attached hydrogens (tertiary/aromatic N) is 2. The molecule has 4 nitrogen and oxygen atoms in total. The molecule has 1 aromatic carbocycles. The second-order valence-corrected chi connectivity index (χ2v) is 8.92. The second kappa shape index (κ2) is 8.45. The van der Waals surface area contributed by atoms with E-state index in [0.29, 0.717) is 21.6 Å². The van der Waals surface area contributed by atoms with Crippen molar-refractivity contribution in [1.29, 1.82) is 0 Å². The van der Waals surface area contributed by atoms with Gasteiger partial charge in [-0.15, -0.1) is 0 Å². The molecule has 1 saturated heterocycles. The number of carbonyl (C=O) groups excluding carboxylic acids is 1. The molecule has 0 aliphatic carbocycles. The molecule has 1 aliphatic heterocycles. The minimum Gasteiger partial charge on any atom is -0.496 e. The van der Waals surface area contributed by atoms with Gasteiger partial charge in [0.1, 0.15) is 5.75 Å². The molecule has 1 aromatic rings. The van der Waals surface area contributed by atoms with Crippen LogP contribution < -0.4 is 4.74 Å². The van der Waals surface area contributed by atoms with Gasteiger partial charge in [0.2, 0.25) is 0 Å². The number of rotatable bonds is 5. The first-order valence-electron chi connectivity index (χ1n) is 8.64. The van der Waals surface area contributed by atoms with E-state index in [9.17, 15) is 4.79 Å². The Hall–Kier alpha value is -1.20. The fourth-order valence-electron chi connectivity index (χ4n) is 2.60. The largest absolute Gasteiger partial charge is 0.496 e. The SMILES string of the molecule is CCCCN1CC(C(C)(C)C)S/C1=N\C(=O)c1cc(Cl)ccc1OC. The average Bonchev–Trinajstić information content (AvgIpc) is 2.95. The number of unbranched alkanes of at least 4 members (excludes halogenated alkanes) is 1. The molecule has 1 amide bonds. The predicted molar refractivity (Wildman–Crippen MR) is 107 cm³/mol. The van der Waals surface area contributed by atoms with Crippen molar-refractivity contribution in [1.82, 2.24) is 4.90 Å². The topological polar surface area (TPSA) is 41.9 Å². The molecule has 1 fully saturated rings. The second-order valence-electron chi connectivity index (χ2n) is 7.32. The molecular weight excluding hydrogens is 356 g/mol. The van der Waals surface area contributed by atoms with Crippen LogP contribution in [-0.2, 0) is 0 Å². The van der Waals surface area contributed by atoms with Crippen LogP contribution in [0.25, 0.3) is 0 Å². The van der Waals surface area contributed by atoms with Crippen molar-refractivity contribution in [2.75, 3.05) is 20.2 Å². The first-order chi connectivity index (χ1) is 11.8. The zero-order chi connectivity index (χ0) is 18.6. The molecule has 25 heavy (non-hydrogen) atoms. The minimum atomic E-state index is -0.307. The zero-order valence-electron chi connectivity index (χ0n) is 15.6. The van der Waals surface area contributed by atoms with E-state index in [1.54, 1.807) is 37.1 Å². The van der Waals surface area contributed by atoms with Crippen molar-refractivity contribution in [2.45, 2.75) is 45.8 Å². The molecule has 2 rings (SSSR count). The lowest BCUT2D eigenvalue weighted by Gasteiger charge is -2.25.